The van der Waals surface area contributed by atoms with Crippen LogP contribution in [0.25, 0.3) is 0 Å². The van der Waals surface area contributed by atoms with Gasteiger partial charge >= 0.3 is 0 Å². The van der Waals surface area contributed by atoms with Crippen LogP contribution in [0.15, 0.2) is 0 Å². The molecule has 3 atom stereocenters. The molecule has 2 fully saturated rings. The van der Waals surface area contributed by atoms with E-state index < -0.39 is 0 Å². The molecule has 2 rings (SSSR count). The molecule has 1 saturated carbocycles. The summed E-state index contributed by atoms with van der Waals surface area (Å²) in [5, 5.41) is 0. The zero-order valence-electron chi connectivity index (χ0n) is 7.26. The average molecular weight is 265 g/mol. The number of hydrogen-bond donors (Lipinski definition) is 0. The van der Waals surface area contributed by atoms with Crippen LogP contribution < -0.4 is 0 Å². The molecule has 0 amide bonds. The van der Waals surface area contributed by atoms with Gasteiger partial charge in [-0.1, -0.05) is 13.8 Å². The molecule has 0 aromatic heterocycles. The van der Waals surface area contributed by atoms with Gasteiger partial charge in [0.05, 0.1) is 0 Å². The summed E-state index contributed by atoms with van der Waals surface area (Å²) in [7, 11) is 0. The summed E-state index contributed by atoms with van der Waals surface area (Å²) in [4.78, 5) is 0. The fourth-order valence-electron chi connectivity index (χ4n) is 2.64. The third kappa shape index (κ3) is 1.22. The third-order valence-corrected chi connectivity index (χ3v) is 4.37. The molecule has 1 heterocycles. The zero-order valence-corrected chi connectivity index (χ0v) is 9.41. The van der Waals surface area contributed by atoms with E-state index in [1.165, 1.54) is 19.4 Å². The molecule has 1 nitrogen and oxygen atoms in total. The van der Waals surface area contributed by atoms with Crippen LogP contribution in [0.4, 0.5) is 0 Å². The van der Waals surface area contributed by atoms with Gasteiger partial charge in [-0.05, 0) is 30.6 Å². The van der Waals surface area contributed by atoms with Gasteiger partial charge < -0.3 is 0 Å². The molecular formula is C9H16IN. The third-order valence-electron chi connectivity index (χ3n) is 3.33. The lowest BCUT2D eigenvalue weighted by Gasteiger charge is -2.35. The highest BCUT2D eigenvalue weighted by molar-refractivity contribution is 14.1. The van der Waals surface area contributed by atoms with E-state index in [-0.39, 0.29) is 0 Å². The first-order chi connectivity index (χ1) is 5.20. The lowest BCUT2D eigenvalue weighted by atomic mass is 9.71. The first-order valence-electron chi connectivity index (χ1n) is 4.62. The van der Waals surface area contributed by atoms with E-state index in [2.05, 4.69) is 39.8 Å². The Labute approximate surface area is 83.0 Å². The first-order valence-corrected chi connectivity index (χ1v) is 5.59. The van der Waals surface area contributed by atoms with Crippen molar-refractivity contribution in [1.29, 1.82) is 0 Å². The first kappa shape index (κ1) is 8.30. The van der Waals surface area contributed by atoms with Gasteiger partial charge in [0, 0.05) is 35.5 Å². The second kappa shape index (κ2) is 2.87. The predicted molar refractivity (Wildman–Crippen MR) is 55.6 cm³/mol. The molecule has 0 unspecified atom stereocenters. The molecule has 0 radical (unpaired) electrons. The number of nitrogens with zero attached hydrogens (tertiary/aromatic N) is 1. The van der Waals surface area contributed by atoms with Crippen molar-refractivity contribution in [1.82, 2.24) is 3.11 Å². The van der Waals surface area contributed by atoms with Gasteiger partial charge in [0.1, 0.15) is 0 Å². The lowest BCUT2D eigenvalue weighted by Crippen LogP contribution is -2.34. The molecule has 0 aromatic carbocycles. The molecular weight excluding hydrogens is 249 g/mol. The Balaban J connectivity index is 2.07. The van der Waals surface area contributed by atoms with E-state index in [0.29, 0.717) is 0 Å². The molecule has 1 aliphatic carbocycles. The summed E-state index contributed by atoms with van der Waals surface area (Å²) in [6.45, 7) is 6.07. The number of fused-ring (bicyclic) bond motifs is 1. The van der Waals surface area contributed by atoms with Crippen molar-refractivity contribution in [2.75, 3.05) is 6.54 Å². The van der Waals surface area contributed by atoms with E-state index in [9.17, 15) is 0 Å². The second-order valence-corrected chi connectivity index (χ2v) is 5.56. The fourth-order valence-corrected chi connectivity index (χ4v) is 4.20. The van der Waals surface area contributed by atoms with E-state index in [0.717, 1.165) is 23.8 Å². The van der Waals surface area contributed by atoms with Crippen LogP contribution in [0, 0.1) is 17.8 Å². The Bertz CT molecular complexity index is 158. The highest BCUT2D eigenvalue weighted by Gasteiger charge is 2.46. The van der Waals surface area contributed by atoms with Crippen LogP contribution in [0.2, 0.25) is 0 Å². The molecule has 0 bridgehead atoms. The number of halogens is 1. The summed E-state index contributed by atoms with van der Waals surface area (Å²) in [6, 6.07) is 0.884. The quantitative estimate of drug-likeness (QED) is 0.520. The average Bonchev–Trinajstić information content (AvgIpc) is 2.10. The minimum absolute atomic E-state index is 0.849. The largest absolute Gasteiger partial charge is 0.244 e. The summed E-state index contributed by atoms with van der Waals surface area (Å²) >= 11 is 2.51. The molecule has 0 N–H and O–H groups in total. The van der Waals surface area contributed by atoms with Crippen molar-refractivity contribution < 1.29 is 0 Å². The van der Waals surface area contributed by atoms with E-state index in [1.807, 2.05) is 0 Å². The maximum absolute atomic E-state index is 2.55. The van der Waals surface area contributed by atoms with Crippen LogP contribution in [0.3, 0.4) is 0 Å². The van der Waals surface area contributed by atoms with Crippen LogP contribution in [0.5, 0.6) is 0 Å². The van der Waals surface area contributed by atoms with Crippen LogP contribution >= 0.6 is 22.9 Å². The molecule has 1 aliphatic heterocycles. The minimum atomic E-state index is 0.849. The Morgan fingerprint density at radius 1 is 1.36 bits per heavy atom. The van der Waals surface area contributed by atoms with Crippen molar-refractivity contribution in [3.8, 4) is 0 Å². The maximum atomic E-state index is 2.55. The minimum Gasteiger partial charge on any atom is -0.244 e. The van der Waals surface area contributed by atoms with Gasteiger partial charge in [-0.3, -0.25) is 0 Å². The predicted octanol–water partition coefficient (Wildman–Crippen LogP) is 2.70. The van der Waals surface area contributed by atoms with Crippen molar-refractivity contribution in [3.63, 3.8) is 0 Å². The maximum Gasteiger partial charge on any atom is 0.0248 e. The smallest absolute Gasteiger partial charge is 0.0248 e. The van der Waals surface area contributed by atoms with Crippen LogP contribution in [0.1, 0.15) is 26.7 Å². The molecule has 0 aromatic rings. The highest BCUT2D eigenvalue weighted by atomic mass is 127. The molecule has 0 spiro atoms. The summed E-state index contributed by atoms with van der Waals surface area (Å²) in [6.07, 6.45) is 2.99. The topological polar surface area (TPSA) is 3.24 Å². The van der Waals surface area contributed by atoms with Gasteiger partial charge in [-0.25, -0.2) is 3.11 Å². The summed E-state index contributed by atoms with van der Waals surface area (Å²) in [5.41, 5.74) is 0. The fraction of sp³-hybridized carbons (Fsp3) is 1.00. The van der Waals surface area contributed by atoms with Crippen molar-refractivity contribution in [2.24, 2.45) is 17.8 Å². The van der Waals surface area contributed by atoms with E-state index in [4.69, 9.17) is 0 Å². The normalized spacial score (nSPS) is 44.2. The monoisotopic (exact) mass is 265 g/mol. The molecule has 64 valence electrons. The van der Waals surface area contributed by atoms with Crippen LogP contribution in [-0.4, -0.2) is 15.7 Å². The van der Waals surface area contributed by atoms with Crippen LogP contribution in [-0.2, 0) is 0 Å². The summed E-state index contributed by atoms with van der Waals surface area (Å²) in [5.74, 6) is 2.95. The Hall–Kier alpha value is 0.690. The molecule has 11 heavy (non-hydrogen) atoms. The van der Waals surface area contributed by atoms with Gasteiger partial charge in [0.2, 0.25) is 0 Å². The van der Waals surface area contributed by atoms with Crippen molar-refractivity contribution >= 4 is 22.9 Å². The standard InChI is InChI=1S/C9H16IN/c1-6(2)9-8-4-3-7(8)5-11(9)10/h6-9H,3-5H2,1-2H3/t7-,8-,9+/m1/s1. The Morgan fingerprint density at radius 2 is 2.09 bits per heavy atom. The van der Waals surface area contributed by atoms with Gasteiger partial charge in [0.25, 0.3) is 0 Å². The lowest BCUT2D eigenvalue weighted by molar-refractivity contribution is 0.177. The second-order valence-electron chi connectivity index (χ2n) is 4.32. The van der Waals surface area contributed by atoms with E-state index in [1.54, 1.807) is 0 Å². The van der Waals surface area contributed by atoms with Gasteiger partial charge in [-0.15, -0.1) is 0 Å². The van der Waals surface area contributed by atoms with Gasteiger partial charge in [-0.2, -0.15) is 0 Å². The molecule has 2 heteroatoms. The molecule has 2 aliphatic rings. The van der Waals surface area contributed by atoms with E-state index >= 15 is 0 Å². The molecule has 1 saturated heterocycles. The van der Waals surface area contributed by atoms with Gasteiger partial charge in [0.15, 0.2) is 0 Å². The number of rotatable bonds is 1. The zero-order chi connectivity index (χ0) is 8.01. The highest BCUT2D eigenvalue weighted by Crippen LogP contribution is 2.48. The number of hydrogen-bond acceptors (Lipinski definition) is 1. The van der Waals surface area contributed by atoms with Crippen molar-refractivity contribution in [2.45, 2.75) is 32.7 Å². The SMILES string of the molecule is CC(C)[C@H]1[C@@H]2CC[C@@H]2CN1I. The summed E-state index contributed by atoms with van der Waals surface area (Å²) < 4.78 is 2.55. The Morgan fingerprint density at radius 3 is 2.36 bits per heavy atom. The Kier molecular flexibility index (Phi) is 2.17. The van der Waals surface area contributed by atoms with Crippen molar-refractivity contribution in [3.05, 3.63) is 0 Å².